The Morgan fingerprint density at radius 3 is 2.34 bits per heavy atom. The first-order valence-electron chi connectivity index (χ1n) is 9.20. The average Bonchev–Trinajstić information content (AvgIpc) is 2.75. The predicted molar refractivity (Wildman–Crippen MR) is 112 cm³/mol. The summed E-state index contributed by atoms with van der Waals surface area (Å²) in [7, 11) is 0. The SMILES string of the molecule is C[C@H](Nc1cc(C(N)=O)nc(-c2ccc(Oc3ccc(F)cc3)c(C(=O)O)c2)n1)C(N)=O. The molecule has 6 N–H and O–H groups in total. The van der Waals surface area contributed by atoms with Gasteiger partial charge in [0, 0.05) is 11.6 Å². The van der Waals surface area contributed by atoms with Crippen LogP contribution < -0.4 is 21.5 Å². The Morgan fingerprint density at radius 1 is 1.06 bits per heavy atom. The van der Waals surface area contributed by atoms with Gasteiger partial charge in [0.05, 0.1) is 0 Å². The van der Waals surface area contributed by atoms with Crippen LogP contribution in [0.25, 0.3) is 11.4 Å². The van der Waals surface area contributed by atoms with Crippen molar-refractivity contribution in [2.24, 2.45) is 11.5 Å². The minimum atomic E-state index is -1.30. The Balaban J connectivity index is 2.02. The maximum absolute atomic E-state index is 13.1. The van der Waals surface area contributed by atoms with Crippen LogP contribution in [-0.2, 0) is 4.79 Å². The summed E-state index contributed by atoms with van der Waals surface area (Å²) in [6, 6.07) is 9.61. The number of primary amides is 2. The lowest BCUT2D eigenvalue weighted by Gasteiger charge is -2.14. The minimum absolute atomic E-state index is 0.000358. The standard InChI is InChI=1S/C21H18FN5O5/c1-10(18(23)28)25-17-9-15(19(24)29)26-20(27-17)11-2-7-16(14(8-11)21(30)31)32-13-5-3-12(22)4-6-13/h2-10H,1H3,(H2,23,28)(H2,24,29)(H,30,31)(H,25,26,27)/t10-/m0/s1. The minimum Gasteiger partial charge on any atom is -0.478 e. The molecule has 11 heteroatoms. The van der Waals surface area contributed by atoms with Gasteiger partial charge in [0.15, 0.2) is 5.82 Å². The molecule has 0 fully saturated rings. The van der Waals surface area contributed by atoms with E-state index in [9.17, 15) is 23.9 Å². The van der Waals surface area contributed by atoms with Gasteiger partial charge in [-0.05, 0) is 49.4 Å². The number of rotatable bonds is 8. The van der Waals surface area contributed by atoms with Gasteiger partial charge >= 0.3 is 5.97 Å². The Hall–Kier alpha value is -4.54. The van der Waals surface area contributed by atoms with E-state index in [0.717, 1.165) is 0 Å². The van der Waals surface area contributed by atoms with Crippen LogP contribution in [0.15, 0.2) is 48.5 Å². The van der Waals surface area contributed by atoms with Crippen molar-refractivity contribution in [1.29, 1.82) is 0 Å². The van der Waals surface area contributed by atoms with E-state index in [2.05, 4.69) is 15.3 Å². The van der Waals surface area contributed by atoms with Crippen LogP contribution in [0.3, 0.4) is 0 Å². The van der Waals surface area contributed by atoms with Crippen molar-refractivity contribution < 1.29 is 28.6 Å². The molecule has 3 aromatic rings. The number of nitrogens with one attached hydrogen (secondary N) is 1. The number of hydrogen-bond donors (Lipinski definition) is 4. The molecule has 0 spiro atoms. The van der Waals surface area contributed by atoms with Gasteiger partial charge < -0.3 is 26.6 Å². The third-order valence-electron chi connectivity index (χ3n) is 4.28. The molecule has 10 nitrogen and oxygen atoms in total. The number of amides is 2. The molecular weight excluding hydrogens is 421 g/mol. The maximum atomic E-state index is 13.1. The molecule has 1 aromatic heterocycles. The number of carbonyl (C=O) groups excluding carboxylic acids is 2. The predicted octanol–water partition coefficient (Wildman–Crippen LogP) is 2.16. The summed E-state index contributed by atoms with van der Waals surface area (Å²) in [5, 5.41) is 12.3. The quantitative estimate of drug-likeness (QED) is 0.413. The van der Waals surface area contributed by atoms with Crippen LogP contribution in [0.2, 0.25) is 0 Å². The summed E-state index contributed by atoms with van der Waals surface area (Å²) in [4.78, 5) is 43.1. The number of anilines is 1. The summed E-state index contributed by atoms with van der Waals surface area (Å²) < 4.78 is 18.6. The van der Waals surface area contributed by atoms with Crippen LogP contribution in [0.5, 0.6) is 11.5 Å². The first-order valence-corrected chi connectivity index (χ1v) is 9.20. The molecule has 0 aliphatic carbocycles. The molecular formula is C21H18FN5O5. The lowest BCUT2D eigenvalue weighted by molar-refractivity contribution is -0.118. The zero-order chi connectivity index (χ0) is 23.4. The summed E-state index contributed by atoms with van der Waals surface area (Å²) in [5.41, 5.74) is 10.4. The highest BCUT2D eigenvalue weighted by Crippen LogP contribution is 2.30. The second-order valence-electron chi connectivity index (χ2n) is 6.67. The van der Waals surface area contributed by atoms with E-state index >= 15 is 0 Å². The molecule has 0 unspecified atom stereocenters. The number of nitrogens with two attached hydrogens (primary N) is 2. The number of nitrogens with zero attached hydrogens (tertiary/aromatic N) is 2. The van der Waals surface area contributed by atoms with Crippen LogP contribution in [0.1, 0.15) is 27.8 Å². The number of halogens is 1. The van der Waals surface area contributed by atoms with Gasteiger partial charge in [-0.1, -0.05) is 0 Å². The van der Waals surface area contributed by atoms with Gasteiger partial charge in [0.25, 0.3) is 5.91 Å². The fourth-order valence-corrected chi connectivity index (χ4v) is 2.62. The zero-order valence-electron chi connectivity index (χ0n) is 16.7. The second kappa shape index (κ2) is 9.08. The fourth-order valence-electron chi connectivity index (χ4n) is 2.62. The zero-order valence-corrected chi connectivity index (χ0v) is 16.7. The van der Waals surface area contributed by atoms with Gasteiger partial charge in [-0.3, -0.25) is 9.59 Å². The number of carboxylic acids is 1. The van der Waals surface area contributed by atoms with Crippen molar-refractivity contribution in [3.8, 4) is 22.9 Å². The Kier molecular flexibility index (Phi) is 6.29. The molecule has 0 bridgehead atoms. The summed E-state index contributed by atoms with van der Waals surface area (Å²) in [5.74, 6) is -2.95. The highest BCUT2D eigenvalue weighted by Gasteiger charge is 2.18. The number of aromatic carboxylic acids is 1. The number of benzene rings is 2. The molecule has 2 amide bonds. The number of aromatic nitrogens is 2. The van der Waals surface area contributed by atoms with E-state index in [1.54, 1.807) is 0 Å². The van der Waals surface area contributed by atoms with Crippen LogP contribution in [-0.4, -0.2) is 38.9 Å². The molecule has 1 heterocycles. The van der Waals surface area contributed by atoms with E-state index in [1.807, 2.05) is 0 Å². The van der Waals surface area contributed by atoms with Crippen LogP contribution >= 0.6 is 0 Å². The number of ether oxygens (including phenoxy) is 1. The van der Waals surface area contributed by atoms with Gasteiger partial charge in [-0.15, -0.1) is 0 Å². The molecule has 0 saturated heterocycles. The van der Waals surface area contributed by atoms with Crippen molar-refractivity contribution >= 4 is 23.6 Å². The summed E-state index contributed by atoms with van der Waals surface area (Å²) >= 11 is 0. The monoisotopic (exact) mass is 439 g/mol. The average molecular weight is 439 g/mol. The summed E-state index contributed by atoms with van der Waals surface area (Å²) in [6.07, 6.45) is 0. The topological polar surface area (TPSA) is 171 Å². The third kappa shape index (κ3) is 5.14. The van der Waals surface area contributed by atoms with E-state index in [1.165, 1.54) is 55.5 Å². The third-order valence-corrected chi connectivity index (χ3v) is 4.28. The first kappa shape index (κ1) is 22.2. The lowest BCUT2D eigenvalue weighted by atomic mass is 10.1. The molecule has 0 saturated carbocycles. The highest BCUT2D eigenvalue weighted by molar-refractivity contribution is 5.94. The van der Waals surface area contributed by atoms with Crippen LogP contribution in [0, 0.1) is 5.82 Å². The van der Waals surface area contributed by atoms with Crippen molar-refractivity contribution in [2.75, 3.05) is 5.32 Å². The fraction of sp³-hybridized carbons (Fsp3) is 0.0952. The van der Waals surface area contributed by atoms with Crippen molar-refractivity contribution in [1.82, 2.24) is 9.97 Å². The summed E-state index contributed by atoms with van der Waals surface area (Å²) in [6.45, 7) is 1.50. The molecule has 0 aliphatic rings. The van der Waals surface area contributed by atoms with Gasteiger partial charge in [-0.2, -0.15) is 0 Å². The molecule has 3 rings (SSSR count). The molecule has 0 aliphatic heterocycles. The second-order valence-corrected chi connectivity index (χ2v) is 6.67. The van der Waals surface area contributed by atoms with E-state index in [0.29, 0.717) is 0 Å². The van der Waals surface area contributed by atoms with Crippen molar-refractivity contribution in [2.45, 2.75) is 13.0 Å². The number of carbonyl (C=O) groups is 3. The number of hydrogen-bond acceptors (Lipinski definition) is 7. The van der Waals surface area contributed by atoms with E-state index < -0.39 is 29.6 Å². The Morgan fingerprint density at radius 2 is 1.75 bits per heavy atom. The largest absolute Gasteiger partial charge is 0.478 e. The normalized spacial score (nSPS) is 11.4. The molecule has 2 aromatic carbocycles. The molecule has 1 atom stereocenters. The first-order chi connectivity index (χ1) is 15.1. The highest BCUT2D eigenvalue weighted by atomic mass is 19.1. The Labute approximate surface area is 181 Å². The Bertz CT molecular complexity index is 1200. The number of carboxylic acid groups (broad SMARTS) is 1. The van der Waals surface area contributed by atoms with Gasteiger partial charge in [0.1, 0.15) is 40.4 Å². The lowest BCUT2D eigenvalue weighted by Crippen LogP contribution is -2.33. The molecule has 164 valence electrons. The van der Waals surface area contributed by atoms with Crippen molar-refractivity contribution in [3.05, 3.63) is 65.6 Å². The van der Waals surface area contributed by atoms with Crippen LogP contribution in [0.4, 0.5) is 10.2 Å². The maximum Gasteiger partial charge on any atom is 0.339 e. The van der Waals surface area contributed by atoms with E-state index in [4.69, 9.17) is 16.2 Å². The van der Waals surface area contributed by atoms with Crippen molar-refractivity contribution in [3.63, 3.8) is 0 Å². The van der Waals surface area contributed by atoms with E-state index in [-0.39, 0.29) is 40.0 Å². The van der Waals surface area contributed by atoms with Gasteiger partial charge in [0.2, 0.25) is 5.91 Å². The van der Waals surface area contributed by atoms with Gasteiger partial charge in [-0.25, -0.2) is 19.2 Å². The molecule has 0 radical (unpaired) electrons. The smallest absolute Gasteiger partial charge is 0.339 e. The molecule has 32 heavy (non-hydrogen) atoms.